The molecule has 1 aromatic heterocycles. The molecule has 0 unspecified atom stereocenters. The zero-order chi connectivity index (χ0) is 12.3. The van der Waals surface area contributed by atoms with E-state index in [1.54, 1.807) is 0 Å². The van der Waals surface area contributed by atoms with Crippen LogP contribution in [0, 0.1) is 0 Å². The van der Waals surface area contributed by atoms with Gasteiger partial charge in [0.25, 0.3) is 5.56 Å². The number of benzene rings is 1. The Morgan fingerprint density at radius 1 is 1.29 bits per heavy atom. The largest absolute Gasteiger partial charge is 0.325 e. The molecule has 17 heavy (non-hydrogen) atoms. The van der Waals surface area contributed by atoms with Gasteiger partial charge in [0.05, 0.1) is 5.69 Å². The molecule has 1 heterocycles. The summed E-state index contributed by atoms with van der Waals surface area (Å²) in [5, 5.41) is 0. The number of rotatable bonds is 3. The molecule has 88 valence electrons. The molecule has 0 saturated heterocycles. The first-order valence-electron chi connectivity index (χ1n) is 5.62. The average Bonchev–Trinajstić information content (AvgIpc) is 2.38. The second kappa shape index (κ2) is 4.93. The molecule has 0 atom stereocenters. The standard InChI is InChI=1S/C13H15N3O/c1-2-9-3-5-10(6-4-9)13-15-11(8-14)7-12(17)16-13/h3-7H,2,8,14H2,1H3,(H,15,16,17). The minimum Gasteiger partial charge on any atom is -0.325 e. The van der Waals surface area contributed by atoms with Gasteiger partial charge in [-0.05, 0) is 12.0 Å². The maximum Gasteiger partial charge on any atom is 0.251 e. The Hall–Kier alpha value is -1.94. The Labute approximate surface area is 99.5 Å². The average molecular weight is 229 g/mol. The summed E-state index contributed by atoms with van der Waals surface area (Å²) in [5.41, 5.74) is 8.08. The Morgan fingerprint density at radius 2 is 2.00 bits per heavy atom. The van der Waals surface area contributed by atoms with Crippen LogP contribution in [0.2, 0.25) is 0 Å². The summed E-state index contributed by atoms with van der Waals surface area (Å²) in [5.74, 6) is 0.570. The van der Waals surface area contributed by atoms with Crippen molar-refractivity contribution >= 4 is 0 Å². The highest BCUT2D eigenvalue weighted by Gasteiger charge is 2.03. The highest BCUT2D eigenvalue weighted by atomic mass is 16.1. The lowest BCUT2D eigenvalue weighted by Gasteiger charge is -2.04. The number of H-pyrrole nitrogens is 1. The molecule has 0 bridgehead atoms. The van der Waals surface area contributed by atoms with Crippen molar-refractivity contribution in [2.24, 2.45) is 5.73 Å². The minimum absolute atomic E-state index is 0.171. The Bertz CT molecular complexity index is 558. The van der Waals surface area contributed by atoms with E-state index in [0.29, 0.717) is 11.5 Å². The van der Waals surface area contributed by atoms with Gasteiger partial charge in [0.1, 0.15) is 5.82 Å². The topological polar surface area (TPSA) is 71.8 Å². The van der Waals surface area contributed by atoms with E-state index < -0.39 is 0 Å². The molecule has 0 aliphatic carbocycles. The summed E-state index contributed by atoms with van der Waals surface area (Å²) < 4.78 is 0. The molecule has 0 radical (unpaired) electrons. The molecule has 4 heteroatoms. The maximum absolute atomic E-state index is 11.4. The first-order chi connectivity index (χ1) is 8.22. The molecule has 0 spiro atoms. The molecular weight excluding hydrogens is 214 g/mol. The van der Waals surface area contributed by atoms with Crippen LogP contribution in [-0.2, 0) is 13.0 Å². The van der Waals surface area contributed by atoms with Crippen LogP contribution < -0.4 is 11.3 Å². The lowest BCUT2D eigenvalue weighted by atomic mass is 10.1. The zero-order valence-corrected chi connectivity index (χ0v) is 9.73. The Kier molecular flexibility index (Phi) is 3.35. The molecule has 0 aliphatic rings. The first-order valence-corrected chi connectivity index (χ1v) is 5.62. The summed E-state index contributed by atoms with van der Waals surface area (Å²) >= 11 is 0. The SMILES string of the molecule is CCc1ccc(-c2nc(CN)cc(=O)[nH]2)cc1. The van der Waals surface area contributed by atoms with E-state index >= 15 is 0 Å². The lowest BCUT2D eigenvalue weighted by Crippen LogP contribution is -2.12. The van der Waals surface area contributed by atoms with Crippen LogP contribution in [0.3, 0.4) is 0 Å². The van der Waals surface area contributed by atoms with Crippen molar-refractivity contribution < 1.29 is 0 Å². The smallest absolute Gasteiger partial charge is 0.251 e. The monoisotopic (exact) mass is 229 g/mol. The van der Waals surface area contributed by atoms with Crippen LogP contribution in [0.4, 0.5) is 0 Å². The summed E-state index contributed by atoms with van der Waals surface area (Å²) in [6, 6.07) is 9.40. The highest BCUT2D eigenvalue weighted by Crippen LogP contribution is 2.14. The fraction of sp³-hybridized carbons (Fsp3) is 0.231. The molecule has 0 saturated carbocycles. The number of hydrogen-bond acceptors (Lipinski definition) is 3. The van der Waals surface area contributed by atoms with E-state index in [4.69, 9.17) is 5.73 Å². The van der Waals surface area contributed by atoms with Crippen LogP contribution in [-0.4, -0.2) is 9.97 Å². The molecule has 2 aromatic rings. The van der Waals surface area contributed by atoms with Gasteiger partial charge in [0.2, 0.25) is 0 Å². The van der Waals surface area contributed by atoms with E-state index in [-0.39, 0.29) is 12.1 Å². The molecule has 1 aromatic carbocycles. The van der Waals surface area contributed by atoms with E-state index in [9.17, 15) is 4.79 Å². The van der Waals surface area contributed by atoms with Crippen molar-refractivity contribution in [3.63, 3.8) is 0 Å². The number of nitrogens with one attached hydrogen (secondary N) is 1. The van der Waals surface area contributed by atoms with E-state index in [2.05, 4.69) is 16.9 Å². The van der Waals surface area contributed by atoms with Gasteiger partial charge >= 0.3 is 0 Å². The second-order valence-corrected chi connectivity index (χ2v) is 3.84. The van der Waals surface area contributed by atoms with Crippen LogP contribution >= 0.6 is 0 Å². The normalized spacial score (nSPS) is 10.5. The van der Waals surface area contributed by atoms with Crippen LogP contribution in [0.1, 0.15) is 18.2 Å². The van der Waals surface area contributed by atoms with Crippen LogP contribution in [0.25, 0.3) is 11.4 Å². The third-order valence-corrected chi connectivity index (χ3v) is 2.64. The van der Waals surface area contributed by atoms with Crippen molar-refractivity contribution in [2.45, 2.75) is 19.9 Å². The number of aryl methyl sites for hydroxylation is 1. The summed E-state index contributed by atoms with van der Waals surface area (Å²) in [6.45, 7) is 2.37. The van der Waals surface area contributed by atoms with Crippen LogP contribution in [0.5, 0.6) is 0 Å². The van der Waals surface area contributed by atoms with Crippen molar-refractivity contribution in [1.82, 2.24) is 9.97 Å². The van der Waals surface area contributed by atoms with Gasteiger partial charge < -0.3 is 10.7 Å². The molecule has 2 rings (SSSR count). The fourth-order valence-corrected chi connectivity index (χ4v) is 1.65. The third-order valence-electron chi connectivity index (χ3n) is 2.64. The predicted molar refractivity (Wildman–Crippen MR) is 67.6 cm³/mol. The number of nitrogens with zero attached hydrogens (tertiary/aromatic N) is 1. The third kappa shape index (κ3) is 2.60. The fourth-order valence-electron chi connectivity index (χ4n) is 1.65. The lowest BCUT2D eigenvalue weighted by molar-refractivity contribution is 0.956. The first kappa shape index (κ1) is 11.5. The molecular formula is C13H15N3O. The summed E-state index contributed by atoms with van der Waals surface area (Å²) in [7, 11) is 0. The number of aromatic amines is 1. The number of nitrogens with two attached hydrogens (primary N) is 1. The summed E-state index contributed by atoms with van der Waals surface area (Å²) in [4.78, 5) is 18.4. The van der Waals surface area contributed by atoms with Gasteiger partial charge in [-0.15, -0.1) is 0 Å². The van der Waals surface area contributed by atoms with Gasteiger partial charge in [-0.3, -0.25) is 4.79 Å². The van der Waals surface area contributed by atoms with Crippen molar-refractivity contribution in [2.75, 3.05) is 0 Å². The van der Waals surface area contributed by atoms with Crippen molar-refractivity contribution in [3.8, 4) is 11.4 Å². The second-order valence-electron chi connectivity index (χ2n) is 3.84. The quantitative estimate of drug-likeness (QED) is 0.837. The van der Waals surface area contributed by atoms with E-state index in [1.807, 2.05) is 24.3 Å². The number of aromatic nitrogens is 2. The number of hydrogen-bond donors (Lipinski definition) is 2. The molecule has 0 amide bonds. The van der Waals surface area contributed by atoms with Crippen molar-refractivity contribution in [1.29, 1.82) is 0 Å². The molecule has 0 aliphatic heterocycles. The summed E-state index contributed by atoms with van der Waals surface area (Å²) in [6.07, 6.45) is 0.993. The van der Waals surface area contributed by atoms with Gasteiger partial charge in [-0.2, -0.15) is 0 Å². The molecule has 0 fully saturated rings. The van der Waals surface area contributed by atoms with Crippen LogP contribution in [0.15, 0.2) is 35.1 Å². The Morgan fingerprint density at radius 3 is 2.59 bits per heavy atom. The molecule has 3 N–H and O–H groups in total. The van der Waals surface area contributed by atoms with Gasteiger partial charge in [-0.25, -0.2) is 4.98 Å². The van der Waals surface area contributed by atoms with Crippen molar-refractivity contribution in [3.05, 3.63) is 51.9 Å². The minimum atomic E-state index is -0.171. The van der Waals surface area contributed by atoms with Gasteiger partial charge in [0, 0.05) is 18.2 Å². The highest BCUT2D eigenvalue weighted by molar-refractivity contribution is 5.55. The Balaban J connectivity index is 2.44. The van der Waals surface area contributed by atoms with E-state index in [1.165, 1.54) is 11.6 Å². The van der Waals surface area contributed by atoms with Gasteiger partial charge in [-0.1, -0.05) is 31.2 Å². The maximum atomic E-state index is 11.4. The van der Waals surface area contributed by atoms with Gasteiger partial charge in [0.15, 0.2) is 0 Å². The van der Waals surface area contributed by atoms with E-state index in [0.717, 1.165) is 12.0 Å². The predicted octanol–water partition coefficient (Wildman–Crippen LogP) is 1.46. The zero-order valence-electron chi connectivity index (χ0n) is 9.73. The molecule has 4 nitrogen and oxygen atoms in total.